The van der Waals surface area contributed by atoms with E-state index in [1.807, 2.05) is 25.8 Å². The molecule has 2 aliphatic rings. The fraction of sp³-hybridized carbons (Fsp3) is 0.379. The Kier molecular flexibility index (Phi) is 8.23. The Bertz CT molecular complexity index is 1590. The standard InChI is InChI=1S/C29H30F5N7O2/c1-16-14-41(15-17(2)39(16)3)25-10-23(31)20(18-4-6-40(7-5-18)28-36-11-19(30)12-37-28)8-24(25)38-27(43)21-13-35-26(42)9-22(21)29(32,33)34/h4,8-13,16-17H,5-7,14-15H2,1-3H3,(H,35,42)(H,38,43)/t16-,17+. The van der Waals surface area contributed by atoms with Gasteiger partial charge in [0.2, 0.25) is 11.5 Å². The van der Waals surface area contributed by atoms with Crippen molar-refractivity contribution < 1.29 is 26.7 Å². The zero-order valence-electron chi connectivity index (χ0n) is 23.7. The highest BCUT2D eigenvalue weighted by Gasteiger charge is 2.36. The van der Waals surface area contributed by atoms with E-state index in [1.165, 1.54) is 12.1 Å². The molecule has 43 heavy (non-hydrogen) atoms. The van der Waals surface area contributed by atoms with E-state index in [0.29, 0.717) is 55.9 Å². The lowest BCUT2D eigenvalue weighted by Crippen LogP contribution is -2.55. The number of hydrogen-bond acceptors (Lipinski definition) is 7. The first kappa shape index (κ1) is 30.1. The molecule has 4 heterocycles. The molecular weight excluding hydrogens is 573 g/mol. The molecule has 228 valence electrons. The maximum absolute atomic E-state index is 15.8. The number of H-pyrrole nitrogens is 1. The number of likely N-dealkylation sites (N-methyl/N-ethyl adjacent to an activating group) is 1. The molecule has 1 saturated heterocycles. The topological polar surface area (TPSA) is 97.5 Å². The molecule has 2 N–H and O–H groups in total. The normalized spacial score (nSPS) is 19.8. The number of alkyl halides is 3. The SMILES string of the molecule is C[C@@H]1CN(c2cc(F)c(C3=CCN(c4ncc(F)cn4)CC3)cc2NC(=O)c2c[nH]c(=O)cc2C(F)(F)F)C[C@H](C)N1C. The number of piperazine rings is 1. The third-order valence-electron chi connectivity index (χ3n) is 7.95. The number of carbonyl (C=O) groups excluding carboxylic acids is 1. The van der Waals surface area contributed by atoms with Gasteiger partial charge < -0.3 is 20.1 Å². The van der Waals surface area contributed by atoms with Gasteiger partial charge in [-0.15, -0.1) is 0 Å². The molecule has 2 aromatic heterocycles. The van der Waals surface area contributed by atoms with E-state index in [0.717, 1.165) is 18.6 Å². The van der Waals surface area contributed by atoms with Gasteiger partial charge in [0, 0.05) is 56.1 Å². The summed E-state index contributed by atoms with van der Waals surface area (Å²) in [5.41, 5.74) is -1.87. The van der Waals surface area contributed by atoms with E-state index in [4.69, 9.17) is 0 Å². The van der Waals surface area contributed by atoms with Crippen molar-refractivity contribution >= 4 is 28.8 Å². The summed E-state index contributed by atoms with van der Waals surface area (Å²) < 4.78 is 70.2. The Morgan fingerprint density at radius 1 is 1.05 bits per heavy atom. The molecule has 0 radical (unpaired) electrons. The van der Waals surface area contributed by atoms with E-state index in [-0.39, 0.29) is 23.3 Å². The van der Waals surface area contributed by atoms with Gasteiger partial charge in [0.15, 0.2) is 5.82 Å². The average molecular weight is 604 g/mol. The number of anilines is 3. The molecule has 9 nitrogen and oxygen atoms in total. The first-order chi connectivity index (χ1) is 20.3. The van der Waals surface area contributed by atoms with Crippen molar-refractivity contribution in [3.63, 3.8) is 0 Å². The molecule has 5 rings (SSSR count). The first-order valence-corrected chi connectivity index (χ1v) is 13.7. The van der Waals surface area contributed by atoms with Crippen LogP contribution in [0.4, 0.5) is 39.3 Å². The lowest BCUT2D eigenvalue weighted by atomic mass is 9.97. The summed E-state index contributed by atoms with van der Waals surface area (Å²) in [5.74, 6) is -1.90. The number of amides is 1. The largest absolute Gasteiger partial charge is 0.417 e. The van der Waals surface area contributed by atoms with Gasteiger partial charge in [0.25, 0.3) is 5.91 Å². The van der Waals surface area contributed by atoms with Crippen LogP contribution < -0.4 is 20.7 Å². The molecule has 0 bridgehead atoms. The highest BCUT2D eigenvalue weighted by Crippen LogP contribution is 2.37. The number of pyridine rings is 1. The van der Waals surface area contributed by atoms with E-state index in [1.54, 1.807) is 11.0 Å². The van der Waals surface area contributed by atoms with Crippen LogP contribution in [0.2, 0.25) is 0 Å². The van der Waals surface area contributed by atoms with Crippen LogP contribution in [-0.4, -0.2) is 71.1 Å². The molecule has 0 saturated carbocycles. The van der Waals surface area contributed by atoms with E-state index < -0.39 is 40.4 Å². The molecular formula is C29H30F5N7O2. The predicted molar refractivity (Wildman–Crippen MR) is 152 cm³/mol. The van der Waals surface area contributed by atoms with Crippen LogP contribution in [-0.2, 0) is 6.18 Å². The second-order valence-corrected chi connectivity index (χ2v) is 10.8. The van der Waals surface area contributed by atoms with Gasteiger partial charge in [-0.1, -0.05) is 6.08 Å². The summed E-state index contributed by atoms with van der Waals surface area (Å²) in [6.07, 6.45) is 0.0191. The number of nitrogens with one attached hydrogen (secondary N) is 2. The lowest BCUT2D eigenvalue weighted by molar-refractivity contribution is -0.138. The van der Waals surface area contributed by atoms with Crippen molar-refractivity contribution in [1.29, 1.82) is 0 Å². The van der Waals surface area contributed by atoms with Crippen LogP contribution in [0.25, 0.3) is 5.57 Å². The van der Waals surface area contributed by atoms with E-state index >= 15 is 4.39 Å². The predicted octanol–water partition coefficient (Wildman–Crippen LogP) is 4.54. The van der Waals surface area contributed by atoms with Gasteiger partial charge in [-0.25, -0.2) is 18.7 Å². The van der Waals surface area contributed by atoms with Crippen molar-refractivity contribution in [2.24, 2.45) is 0 Å². The number of carbonyl (C=O) groups is 1. The molecule has 0 unspecified atom stereocenters. The summed E-state index contributed by atoms with van der Waals surface area (Å²) in [4.78, 5) is 40.9. The van der Waals surface area contributed by atoms with E-state index in [2.05, 4.69) is 25.2 Å². The molecule has 2 atom stereocenters. The van der Waals surface area contributed by atoms with Crippen LogP contribution in [0, 0.1) is 11.6 Å². The first-order valence-electron chi connectivity index (χ1n) is 13.7. The molecule has 1 aromatic carbocycles. The van der Waals surface area contributed by atoms with Crippen LogP contribution in [0.3, 0.4) is 0 Å². The van der Waals surface area contributed by atoms with Crippen molar-refractivity contribution in [2.45, 2.75) is 38.5 Å². The van der Waals surface area contributed by atoms with Gasteiger partial charge in [0.1, 0.15) is 5.82 Å². The van der Waals surface area contributed by atoms with Crippen molar-refractivity contribution in [2.75, 3.05) is 48.3 Å². The van der Waals surface area contributed by atoms with E-state index in [9.17, 15) is 27.2 Å². The summed E-state index contributed by atoms with van der Waals surface area (Å²) in [5, 5.41) is 2.57. The number of nitrogens with zero attached hydrogens (tertiary/aromatic N) is 5. The number of rotatable bonds is 5. The van der Waals surface area contributed by atoms with Gasteiger partial charge in [-0.3, -0.25) is 14.5 Å². The Morgan fingerprint density at radius 2 is 1.72 bits per heavy atom. The third-order valence-corrected chi connectivity index (χ3v) is 7.95. The Morgan fingerprint density at radius 3 is 2.33 bits per heavy atom. The van der Waals surface area contributed by atoms with Crippen molar-refractivity contribution in [1.82, 2.24) is 19.9 Å². The van der Waals surface area contributed by atoms with Crippen LogP contribution >= 0.6 is 0 Å². The number of aromatic amines is 1. The molecule has 1 amide bonds. The average Bonchev–Trinajstić information content (AvgIpc) is 2.96. The highest BCUT2D eigenvalue weighted by molar-refractivity contribution is 6.07. The van der Waals surface area contributed by atoms with Gasteiger partial charge in [-0.2, -0.15) is 13.2 Å². The van der Waals surface area contributed by atoms with Crippen LogP contribution in [0.5, 0.6) is 0 Å². The van der Waals surface area contributed by atoms with Crippen LogP contribution in [0.15, 0.2) is 47.7 Å². The monoisotopic (exact) mass is 603 g/mol. The summed E-state index contributed by atoms with van der Waals surface area (Å²) in [6.45, 7) is 5.70. The fourth-order valence-electron chi connectivity index (χ4n) is 5.42. The Hall–Kier alpha value is -4.33. The quantitative estimate of drug-likeness (QED) is 0.414. The molecule has 3 aromatic rings. The number of halogens is 5. The molecule has 14 heteroatoms. The summed E-state index contributed by atoms with van der Waals surface area (Å²) in [7, 11) is 1.98. The maximum Gasteiger partial charge on any atom is 0.417 e. The number of hydrogen-bond donors (Lipinski definition) is 2. The molecule has 0 spiro atoms. The minimum atomic E-state index is -4.95. The molecule has 0 aliphatic carbocycles. The summed E-state index contributed by atoms with van der Waals surface area (Å²) in [6, 6.07) is 3.21. The molecule has 1 fully saturated rings. The minimum absolute atomic E-state index is 0.0757. The minimum Gasteiger partial charge on any atom is -0.367 e. The van der Waals surface area contributed by atoms with Crippen LogP contribution in [0.1, 0.15) is 41.8 Å². The number of aromatic nitrogens is 3. The smallest absolute Gasteiger partial charge is 0.367 e. The van der Waals surface area contributed by atoms with Gasteiger partial charge in [0.05, 0.1) is 34.9 Å². The Labute approximate surface area is 244 Å². The second-order valence-electron chi connectivity index (χ2n) is 10.8. The zero-order chi connectivity index (χ0) is 31.1. The highest BCUT2D eigenvalue weighted by atomic mass is 19.4. The molecule has 2 aliphatic heterocycles. The lowest BCUT2D eigenvalue weighted by Gasteiger charge is -2.44. The maximum atomic E-state index is 15.8. The fourth-order valence-corrected chi connectivity index (χ4v) is 5.42. The third kappa shape index (κ3) is 6.38. The van der Waals surface area contributed by atoms with Gasteiger partial charge in [-0.05, 0) is 45.0 Å². The van der Waals surface area contributed by atoms with Crippen molar-refractivity contribution in [3.8, 4) is 0 Å². The zero-order valence-corrected chi connectivity index (χ0v) is 23.7. The number of benzene rings is 1. The van der Waals surface area contributed by atoms with Gasteiger partial charge >= 0.3 is 6.18 Å². The second kappa shape index (κ2) is 11.7. The Balaban J connectivity index is 1.52. The van der Waals surface area contributed by atoms with Crippen molar-refractivity contribution in [3.05, 3.63) is 81.5 Å². The summed E-state index contributed by atoms with van der Waals surface area (Å²) >= 11 is 0.